The predicted octanol–water partition coefficient (Wildman–Crippen LogP) is 2.28. The number of hydrogen-bond donors (Lipinski definition) is 1. The van der Waals surface area contributed by atoms with Gasteiger partial charge >= 0.3 is 0 Å². The van der Waals surface area contributed by atoms with Crippen LogP contribution >= 0.6 is 15.9 Å². The Morgan fingerprint density at radius 1 is 1.36 bits per heavy atom. The summed E-state index contributed by atoms with van der Waals surface area (Å²) in [7, 11) is 0. The molecule has 3 aliphatic rings. The fourth-order valence-corrected chi connectivity index (χ4v) is 3.31. The van der Waals surface area contributed by atoms with E-state index >= 15 is 0 Å². The summed E-state index contributed by atoms with van der Waals surface area (Å²) in [5.41, 5.74) is 7.70. The Bertz CT molecular complexity index is 748. The average molecular weight is 359 g/mol. The minimum atomic E-state index is 0.746. The number of nitrogens with zero attached hydrogens (tertiary/aromatic N) is 5. The van der Waals surface area contributed by atoms with E-state index in [1.165, 1.54) is 5.70 Å². The third-order valence-electron chi connectivity index (χ3n) is 3.88. The molecular formula is C15H15BrN6. The number of aliphatic imine (C=N–C) groups is 2. The Hall–Kier alpha value is -2.15. The van der Waals surface area contributed by atoms with Crippen LogP contribution in [0.3, 0.4) is 0 Å². The lowest BCUT2D eigenvalue weighted by atomic mass is 10.1. The summed E-state index contributed by atoms with van der Waals surface area (Å²) in [6, 6.07) is 1.97. The Kier molecular flexibility index (Phi) is 3.22. The molecular weight excluding hydrogens is 344 g/mol. The van der Waals surface area contributed by atoms with E-state index in [-0.39, 0.29) is 0 Å². The first-order valence-electron chi connectivity index (χ1n) is 7.13. The number of aryl methyl sites for hydroxylation is 1. The van der Waals surface area contributed by atoms with Crippen molar-refractivity contribution in [3.05, 3.63) is 46.0 Å². The maximum atomic E-state index is 4.57. The molecule has 1 N–H and O–H groups in total. The van der Waals surface area contributed by atoms with Crippen molar-refractivity contribution in [2.75, 3.05) is 25.1 Å². The number of pyridine rings is 1. The smallest absolute Gasteiger partial charge is 0.142 e. The van der Waals surface area contributed by atoms with Gasteiger partial charge in [0.05, 0.1) is 34.7 Å². The van der Waals surface area contributed by atoms with Gasteiger partial charge in [0.2, 0.25) is 0 Å². The number of allylic oxidation sites excluding steroid dienone is 1. The molecule has 0 bridgehead atoms. The average Bonchev–Trinajstić information content (AvgIpc) is 3.01. The number of aromatic nitrogens is 1. The lowest BCUT2D eigenvalue weighted by Crippen LogP contribution is -2.41. The second kappa shape index (κ2) is 5.24. The van der Waals surface area contributed by atoms with Crippen LogP contribution in [0, 0.1) is 6.92 Å². The van der Waals surface area contributed by atoms with Gasteiger partial charge in [0, 0.05) is 18.9 Å². The number of nitrogens with one attached hydrogen (secondary N) is 1. The molecule has 0 aliphatic carbocycles. The Morgan fingerprint density at radius 2 is 2.27 bits per heavy atom. The molecule has 6 nitrogen and oxygen atoms in total. The van der Waals surface area contributed by atoms with E-state index in [1.54, 1.807) is 6.20 Å². The summed E-state index contributed by atoms with van der Waals surface area (Å²) >= 11 is 3.58. The van der Waals surface area contributed by atoms with E-state index in [9.17, 15) is 0 Å². The standard InChI is InChI=1S/C15H15BrN6/c1-10-7-17-3-2-12(10)20-21-8-14-13(19-9-21)6-11(16)15-18-4-5-22(14)15/h2-3,6-7,9H,4-5,8H2,1H3,(H,17,20). The number of hydrogen-bond acceptors (Lipinski definition) is 6. The zero-order valence-electron chi connectivity index (χ0n) is 12.1. The SMILES string of the molecule is Cc1cnccc1NN1C=NC2=C(C1)N1CCN=C1C(Br)=C2. The van der Waals surface area contributed by atoms with Gasteiger partial charge in [-0.1, -0.05) is 0 Å². The highest BCUT2D eigenvalue weighted by Crippen LogP contribution is 2.31. The second-order valence-electron chi connectivity index (χ2n) is 5.36. The highest BCUT2D eigenvalue weighted by atomic mass is 79.9. The highest BCUT2D eigenvalue weighted by molar-refractivity contribution is 9.12. The Balaban J connectivity index is 1.59. The molecule has 0 atom stereocenters. The molecule has 0 fully saturated rings. The van der Waals surface area contributed by atoms with Gasteiger partial charge in [-0.3, -0.25) is 20.4 Å². The van der Waals surface area contributed by atoms with Crippen molar-refractivity contribution >= 4 is 33.8 Å². The van der Waals surface area contributed by atoms with E-state index in [4.69, 9.17) is 0 Å². The van der Waals surface area contributed by atoms with Crippen molar-refractivity contribution in [2.24, 2.45) is 9.98 Å². The molecule has 7 heteroatoms. The van der Waals surface area contributed by atoms with Gasteiger partial charge in [0.1, 0.15) is 12.2 Å². The fraction of sp³-hybridized carbons (Fsp3) is 0.267. The van der Waals surface area contributed by atoms with Gasteiger partial charge in [-0.05, 0) is 40.6 Å². The topological polar surface area (TPSA) is 56.1 Å². The maximum Gasteiger partial charge on any atom is 0.142 e. The van der Waals surface area contributed by atoms with Gasteiger partial charge in [0.25, 0.3) is 0 Å². The monoisotopic (exact) mass is 358 g/mol. The van der Waals surface area contributed by atoms with E-state index in [2.05, 4.69) is 41.2 Å². The molecule has 0 saturated heterocycles. The van der Waals surface area contributed by atoms with E-state index in [0.717, 1.165) is 46.9 Å². The van der Waals surface area contributed by atoms with Crippen LogP contribution in [-0.4, -0.2) is 46.7 Å². The van der Waals surface area contributed by atoms with E-state index in [1.807, 2.05) is 36.6 Å². The lowest BCUT2D eigenvalue weighted by molar-refractivity contribution is 0.446. The van der Waals surface area contributed by atoms with Crippen molar-refractivity contribution in [1.82, 2.24) is 14.9 Å². The van der Waals surface area contributed by atoms with Crippen molar-refractivity contribution < 1.29 is 0 Å². The van der Waals surface area contributed by atoms with E-state index in [0.29, 0.717) is 0 Å². The summed E-state index contributed by atoms with van der Waals surface area (Å²) in [5.74, 6) is 1.01. The molecule has 3 aliphatic heterocycles. The van der Waals surface area contributed by atoms with Gasteiger partial charge in [0.15, 0.2) is 0 Å². The zero-order valence-corrected chi connectivity index (χ0v) is 13.7. The number of fused-ring (bicyclic) bond motifs is 2. The van der Waals surface area contributed by atoms with Gasteiger partial charge in [-0.15, -0.1) is 0 Å². The minimum absolute atomic E-state index is 0.746. The van der Waals surface area contributed by atoms with Crippen LogP contribution in [0.5, 0.6) is 0 Å². The lowest BCUT2D eigenvalue weighted by Gasteiger charge is -2.34. The number of rotatable bonds is 2. The van der Waals surface area contributed by atoms with Crippen LogP contribution in [0.1, 0.15) is 5.56 Å². The van der Waals surface area contributed by atoms with Gasteiger partial charge < -0.3 is 4.90 Å². The van der Waals surface area contributed by atoms with Crippen LogP contribution in [0.15, 0.2) is 50.4 Å². The van der Waals surface area contributed by atoms with Crippen LogP contribution in [0.25, 0.3) is 0 Å². The third-order valence-corrected chi connectivity index (χ3v) is 4.46. The van der Waals surface area contributed by atoms with Gasteiger partial charge in [-0.2, -0.15) is 0 Å². The molecule has 22 heavy (non-hydrogen) atoms. The summed E-state index contributed by atoms with van der Waals surface area (Å²) in [4.78, 5) is 15.5. The van der Waals surface area contributed by atoms with Crippen LogP contribution in [-0.2, 0) is 0 Å². The Labute approximate surface area is 137 Å². The van der Waals surface area contributed by atoms with Crippen LogP contribution in [0.4, 0.5) is 5.69 Å². The number of halogens is 1. The molecule has 112 valence electrons. The Morgan fingerprint density at radius 3 is 3.14 bits per heavy atom. The molecule has 4 heterocycles. The van der Waals surface area contributed by atoms with Gasteiger partial charge in [-0.25, -0.2) is 4.99 Å². The van der Waals surface area contributed by atoms with Crippen molar-refractivity contribution in [3.8, 4) is 0 Å². The largest absolute Gasteiger partial charge is 0.324 e. The number of amidine groups is 1. The van der Waals surface area contributed by atoms with E-state index < -0.39 is 0 Å². The van der Waals surface area contributed by atoms with Crippen molar-refractivity contribution in [3.63, 3.8) is 0 Å². The van der Waals surface area contributed by atoms with Crippen molar-refractivity contribution in [2.45, 2.75) is 6.92 Å². The summed E-state index contributed by atoms with van der Waals surface area (Å²) in [5, 5.41) is 1.99. The van der Waals surface area contributed by atoms with Crippen molar-refractivity contribution in [1.29, 1.82) is 0 Å². The molecule has 0 radical (unpaired) electrons. The first kappa shape index (κ1) is 13.5. The third kappa shape index (κ3) is 2.21. The highest BCUT2D eigenvalue weighted by Gasteiger charge is 2.31. The summed E-state index contributed by atoms with van der Waals surface area (Å²) < 4.78 is 1.01. The molecule has 4 rings (SSSR count). The van der Waals surface area contributed by atoms with Crippen LogP contribution < -0.4 is 5.43 Å². The molecule has 0 spiro atoms. The maximum absolute atomic E-state index is 4.57. The number of anilines is 1. The second-order valence-corrected chi connectivity index (χ2v) is 6.21. The number of hydrazine groups is 1. The first-order chi connectivity index (χ1) is 10.7. The molecule has 0 saturated carbocycles. The van der Waals surface area contributed by atoms with Crippen LogP contribution in [0.2, 0.25) is 0 Å². The minimum Gasteiger partial charge on any atom is -0.324 e. The molecule has 0 amide bonds. The molecule has 0 aromatic carbocycles. The molecule has 1 aromatic heterocycles. The quantitative estimate of drug-likeness (QED) is 0.880. The summed E-state index contributed by atoms with van der Waals surface area (Å²) in [6.45, 7) is 4.52. The predicted molar refractivity (Wildman–Crippen MR) is 90.8 cm³/mol. The zero-order chi connectivity index (χ0) is 15.1. The first-order valence-corrected chi connectivity index (χ1v) is 7.92. The summed E-state index contributed by atoms with van der Waals surface area (Å²) in [6.07, 6.45) is 7.50. The molecule has 0 unspecified atom stereocenters. The normalized spacial score (nSPS) is 19.7. The fourth-order valence-electron chi connectivity index (χ4n) is 2.75. The molecule has 1 aromatic rings.